The summed E-state index contributed by atoms with van der Waals surface area (Å²) in [5.74, 6) is 0. The average Bonchev–Trinajstić information content (AvgIpc) is 3.42. The fraction of sp³-hybridized carbons (Fsp3) is 0. The minimum absolute atomic E-state index is 0.764. The largest absolute Gasteiger partial charge is 0.236 e. The number of hydrogen-bond acceptors (Lipinski definition) is 3. The van der Waals surface area contributed by atoms with Gasteiger partial charge in [0.2, 0.25) is 0 Å². The van der Waals surface area contributed by atoms with E-state index in [1.807, 2.05) is 17.5 Å². The van der Waals surface area contributed by atoms with Crippen LogP contribution < -0.4 is 0 Å². The molecule has 0 unspecified atom stereocenters. The lowest BCUT2D eigenvalue weighted by atomic mass is 9.80. The van der Waals surface area contributed by atoms with E-state index in [9.17, 15) is 0 Å². The molecule has 5 aromatic carbocycles. The molecule has 2 nitrogen and oxygen atoms in total. The summed E-state index contributed by atoms with van der Waals surface area (Å²) in [6, 6.07) is 45.7. The van der Waals surface area contributed by atoms with Crippen molar-refractivity contribution in [2.24, 2.45) is 0 Å². The van der Waals surface area contributed by atoms with E-state index in [2.05, 4.69) is 127 Å². The van der Waals surface area contributed by atoms with Crippen molar-refractivity contribution in [3.05, 3.63) is 134 Å². The maximum absolute atomic E-state index is 5.20. The van der Waals surface area contributed by atoms with Gasteiger partial charge in [-0.2, -0.15) is 0 Å². The fourth-order valence-electron chi connectivity index (χ4n) is 6.51. The summed E-state index contributed by atoms with van der Waals surface area (Å²) in [4.78, 5) is 10.2. The zero-order valence-electron chi connectivity index (χ0n) is 22.0. The highest BCUT2D eigenvalue weighted by molar-refractivity contribution is 7.26. The van der Waals surface area contributed by atoms with Gasteiger partial charge in [0.05, 0.1) is 5.69 Å². The molecule has 0 atom stereocenters. The Bertz CT molecular complexity index is 2320. The third-order valence-electron chi connectivity index (χ3n) is 8.33. The third kappa shape index (κ3) is 3.30. The Kier molecular flexibility index (Phi) is 4.80. The van der Waals surface area contributed by atoms with Crippen molar-refractivity contribution in [2.75, 3.05) is 0 Å². The van der Waals surface area contributed by atoms with E-state index in [-0.39, 0.29) is 0 Å². The summed E-state index contributed by atoms with van der Waals surface area (Å²) in [5.41, 5.74) is 12.5. The van der Waals surface area contributed by atoms with Crippen molar-refractivity contribution in [3.8, 4) is 55.8 Å². The van der Waals surface area contributed by atoms with Crippen molar-refractivity contribution in [3.63, 3.8) is 0 Å². The molecule has 0 aliphatic heterocycles. The lowest BCUT2D eigenvalue weighted by Crippen LogP contribution is -1.99. The van der Waals surface area contributed by atoms with Gasteiger partial charge in [-0.3, -0.25) is 0 Å². The number of thiophene rings is 1. The molecule has 0 spiro atoms. The van der Waals surface area contributed by atoms with Crippen LogP contribution >= 0.6 is 11.3 Å². The Morgan fingerprint density at radius 2 is 0.976 bits per heavy atom. The van der Waals surface area contributed by atoms with Crippen LogP contribution in [0.15, 0.2) is 134 Å². The second kappa shape index (κ2) is 8.69. The summed E-state index contributed by atoms with van der Waals surface area (Å²) in [7, 11) is 0. The van der Waals surface area contributed by atoms with Gasteiger partial charge in [0.25, 0.3) is 0 Å². The van der Waals surface area contributed by atoms with Crippen LogP contribution in [-0.4, -0.2) is 9.97 Å². The maximum Gasteiger partial charge on any atom is 0.160 e. The monoisotopic (exact) mass is 538 g/mol. The van der Waals surface area contributed by atoms with Gasteiger partial charge >= 0.3 is 0 Å². The van der Waals surface area contributed by atoms with Crippen LogP contribution in [0.2, 0.25) is 0 Å². The number of aromatic nitrogens is 2. The van der Waals surface area contributed by atoms with Gasteiger partial charge < -0.3 is 0 Å². The lowest BCUT2D eigenvalue weighted by molar-refractivity contribution is 1.29. The molecule has 0 N–H and O–H groups in total. The summed E-state index contributed by atoms with van der Waals surface area (Å²) in [6.07, 6.45) is 2.03. The van der Waals surface area contributed by atoms with Crippen LogP contribution in [0.4, 0.5) is 0 Å². The average molecular weight is 539 g/mol. The standard InChI is InChI=1S/C38H22N2S/c1-2-11-24-23(10-1)25-12-3-4-14-27(25)33-22-39-38-32(36(33)29-16-6-5-13-26(24)29)20-21-34(40-38)31-18-9-17-30-28-15-7-8-19-35(28)41-37(30)31/h1-22H. The molecule has 1 aliphatic carbocycles. The lowest BCUT2D eigenvalue weighted by Gasteiger charge is -2.23. The van der Waals surface area contributed by atoms with Crippen LogP contribution in [-0.2, 0) is 0 Å². The van der Waals surface area contributed by atoms with E-state index < -0.39 is 0 Å². The predicted octanol–water partition coefficient (Wildman–Crippen LogP) is 10.6. The molecule has 8 aromatic rings. The van der Waals surface area contributed by atoms with Gasteiger partial charge in [0.1, 0.15) is 0 Å². The molecule has 9 rings (SSSR count). The van der Waals surface area contributed by atoms with E-state index >= 15 is 0 Å². The topological polar surface area (TPSA) is 25.8 Å². The molecule has 0 amide bonds. The first-order valence-electron chi connectivity index (χ1n) is 13.8. The highest BCUT2D eigenvalue weighted by atomic mass is 32.1. The SMILES string of the molecule is c1ccc2c(c1)-c1ccccc1-c1cnc3nc(-c4cccc5c4sc4ccccc45)ccc3c1-c1ccccc1-2. The first-order valence-corrected chi connectivity index (χ1v) is 14.7. The van der Waals surface area contributed by atoms with Crippen LogP contribution in [0.3, 0.4) is 0 Å². The quantitative estimate of drug-likeness (QED) is 0.208. The predicted molar refractivity (Wildman–Crippen MR) is 173 cm³/mol. The van der Waals surface area contributed by atoms with Gasteiger partial charge in [-0.05, 0) is 51.6 Å². The van der Waals surface area contributed by atoms with Crippen molar-refractivity contribution >= 4 is 42.5 Å². The van der Waals surface area contributed by atoms with Crippen molar-refractivity contribution < 1.29 is 0 Å². The Morgan fingerprint density at radius 3 is 1.71 bits per heavy atom. The zero-order valence-corrected chi connectivity index (χ0v) is 22.8. The second-order valence-electron chi connectivity index (χ2n) is 10.5. The number of nitrogens with zero attached hydrogens (tertiary/aromatic N) is 2. The molecule has 190 valence electrons. The van der Waals surface area contributed by atoms with E-state index in [1.165, 1.54) is 59.1 Å². The number of benzene rings is 5. The minimum Gasteiger partial charge on any atom is -0.236 e. The molecule has 3 aromatic heterocycles. The van der Waals surface area contributed by atoms with Crippen molar-refractivity contribution in [2.45, 2.75) is 0 Å². The van der Waals surface area contributed by atoms with Crippen molar-refractivity contribution in [1.82, 2.24) is 9.97 Å². The number of pyridine rings is 2. The Hall–Kier alpha value is -5.12. The molecular weight excluding hydrogens is 516 g/mol. The molecule has 0 fully saturated rings. The molecule has 3 heteroatoms. The molecule has 41 heavy (non-hydrogen) atoms. The van der Waals surface area contributed by atoms with Crippen LogP contribution in [0, 0.1) is 0 Å². The molecule has 0 bridgehead atoms. The summed E-state index contributed by atoms with van der Waals surface area (Å²) < 4.78 is 2.56. The number of rotatable bonds is 1. The number of fused-ring (bicyclic) bond motifs is 13. The Morgan fingerprint density at radius 1 is 0.415 bits per heavy atom. The molecule has 0 saturated carbocycles. The molecular formula is C38H22N2S. The molecule has 0 saturated heterocycles. The Balaban J connectivity index is 1.34. The van der Waals surface area contributed by atoms with Gasteiger partial charge in [0.15, 0.2) is 5.65 Å². The van der Waals surface area contributed by atoms with E-state index in [0.29, 0.717) is 0 Å². The Labute approximate surface area is 241 Å². The minimum atomic E-state index is 0.764. The normalized spacial score (nSPS) is 11.9. The summed E-state index contributed by atoms with van der Waals surface area (Å²) in [6.45, 7) is 0. The summed E-state index contributed by atoms with van der Waals surface area (Å²) >= 11 is 1.83. The van der Waals surface area contributed by atoms with Gasteiger partial charge in [-0.25, -0.2) is 9.97 Å². The van der Waals surface area contributed by atoms with Crippen LogP contribution in [0.25, 0.3) is 87.0 Å². The van der Waals surface area contributed by atoms with E-state index in [0.717, 1.165) is 27.9 Å². The highest BCUT2D eigenvalue weighted by Crippen LogP contribution is 2.49. The fourth-order valence-corrected chi connectivity index (χ4v) is 7.74. The first kappa shape index (κ1) is 22.7. The molecule has 0 radical (unpaired) electrons. The van der Waals surface area contributed by atoms with Crippen molar-refractivity contribution in [1.29, 1.82) is 0 Å². The van der Waals surface area contributed by atoms with Crippen LogP contribution in [0.5, 0.6) is 0 Å². The number of hydrogen-bond donors (Lipinski definition) is 0. The third-order valence-corrected chi connectivity index (χ3v) is 9.55. The van der Waals surface area contributed by atoms with Gasteiger partial charge in [-0.1, -0.05) is 109 Å². The van der Waals surface area contributed by atoms with Gasteiger partial charge in [0, 0.05) is 48.4 Å². The van der Waals surface area contributed by atoms with Crippen LogP contribution in [0.1, 0.15) is 0 Å². The van der Waals surface area contributed by atoms with E-state index in [4.69, 9.17) is 9.97 Å². The van der Waals surface area contributed by atoms with E-state index in [1.54, 1.807) is 0 Å². The summed E-state index contributed by atoms with van der Waals surface area (Å²) in [5, 5.41) is 3.64. The molecule has 1 aliphatic rings. The van der Waals surface area contributed by atoms with Gasteiger partial charge in [-0.15, -0.1) is 11.3 Å². The maximum atomic E-state index is 5.20. The smallest absolute Gasteiger partial charge is 0.160 e. The highest BCUT2D eigenvalue weighted by Gasteiger charge is 2.24. The first-order chi connectivity index (χ1) is 20.3. The zero-order chi connectivity index (χ0) is 26.9. The second-order valence-corrected chi connectivity index (χ2v) is 11.6. The molecule has 3 heterocycles.